The maximum absolute atomic E-state index is 12.2. The molecule has 0 spiro atoms. The summed E-state index contributed by atoms with van der Waals surface area (Å²) in [5.74, 6) is 0.412. The summed E-state index contributed by atoms with van der Waals surface area (Å²) < 4.78 is 31.8. The van der Waals surface area contributed by atoms with E-state index in [4.69, 9.17) is 4.74 Å². The number of benzene rings is 1. The van der Waals surface area contributed by atoms with Crippen molar-refractivity contribution in [1.29, 1.82) is 0 Å². The minimum absolute atomic E-state index is 0.175. The molecule has 0 unspecified atom stereocenters. The molecule has 0 fully saturated rings. The molecule has 2 heterocycles. The molecule has 0 amide bonds. The lowest BCUT2D eigenvalue weighted by Gasteiger charge is -2.09. The van der Waals surface area contributed by atoms with Crippen LogP contribution in [0.3, 0.4) is 0 Å². The molecular weight excluding hydrogens is 412 g/mol. The van der Waals surface area contributed by atoms with Gasteiger partial charge in [0, 0.05) is 32.6 Å². The van der Waals surface area contributed by atoms with Gasteiger partial charge in [0.25, 0.3) is 0 Å². The number of hydrogen-bond acceptors (Lipinski definition) is 9. The molecule has 2 aromatic heterocycles. The molecule has 3 aromatic rings. The molecule has 3 rings (SSSR count). The molecule has 29 heavy (non-hydrogen) atoms. The third kappa shape index (κ3) is 5.26. The molecule has 0 aliphatic carbocycles. The standard InChI is InChI=1S/C18H22N6O3S2/c1-12-16(28-18(19-2)22-12)15-8-9-20-17(24-15)23-13-4-6-14(7-5-13)29(25,26)21-10-11-27-3/h4-9,21H,10-11H2,1-3H3,(H,19,22)(H,20,23,24). The zero-order chi connectivity index (χ0) is 20.9. The Bertz CT molecular complexity index is 1070. The van der Waals surface area contributed by atoms with Gasteiger partial charge in [0.2, 0.25) is 16.0 Å². The molecule has 0 saturated carbocycles. The second-order valence-electron chi connectivity index (χ2n) is 5.99. The predicted molar refractivity (Wildman–Crippen MR) is 114 cm³/mol. The van der Waals surface area contributed by atoms with E-state index in [0.29, 0.717) is 18.2 Å². The highest BCUT2D eigenvalue weighted by molar-refractivity contribution is 7.89. The van der Waals surface area contributed by atoms with Crippen molar-refractivity contribution in [2.75, 3.05) is 37.9 Å². The molecule has 0 aliphatic rings. The minimum atomic E-state index is -3.57. The Morgan fingerprint density at radius 3 is 2.55 bits per heavy atom. The average Bonchev–Trinajstić information content (AvgIpc) is 3.10. The summed E-state index contributed by atoms with van der Waals surface area (Å²) in [5, 5.41) is 6.95. The lowest BCUT2D eigenvalue weighted by atomic mass is 10.3. The van der Waals surface area contributed by atoms with Crippen LogP contribution in [0.25, 0.3) is 10.6 Å². The van der Waals surface area contributed by atoms with Gasteiger partial charge >= 0.3 is 0 Å². The quantitative estimate of drug-likeness (QED) is 0.440. The summed E-state index contributed by atoms with van der Waals surface area (Å²) in [5.41, 5.74) is 2.33. The predicted octanol–water partition coefficient (Wildman–Crippen LogP) is 2.62. The van der Waals surface area contributed by atoms with Crippen LogP contribution >= 0.6 is 11.3 Å². The van der Waals surface area contributed by atoms with Crippen LogP contribution in [-0.4, -0.2) is 50.7 Å². The maximum Gasteiger partial charge on any atom is 0.240 e. The van der Waals surface area contributed by atoms with E-state index in [1.807, 2.05) is 20.0 Å². The first-order valence-electron chi connectivity index (χ1n) is 8.77. The number of anilines is 3. The first-order chi connectivity index (χ1) is 13.9. The first kappa shape index (κ1) is 21.1. The second kappa shape index (κ2) is 9.27. The van der Waals surface area contributed by atoms with Gasteiger partial charge in [-0.2, -0.15) is 0 Å². The Balaban J connectivity index is 1.74. The van der Waals surface area contributed by atoms with Gasteiger partial charge < -0.3 is 15.4 Å². The molecule has 11 heteroatoms. The number of nitrogens with one attached hydrogen (secondary N) is 3. The van der Waals surface area contributed by atoms with Crippen molar-refractivity contribution < 1.29 is 13.2 Å². The van der Waals surface area contributed by atoms with Gasteiger partial charge in [-0.3, -0.25) is 0 Å². The van der Waals surface area contributed by atoms with E-state index in [0.717, 1.165) is 21.4 Å². The van der Waals surface area contributed by atoms with E-state index in [2.05, 4.69) is 30.3 Å². The summed E-state index contributed by atoms with van der Waals surface area (Å²) in [6.07, 6.45) is 1.67. The Morgan fingerprint density at radius 2 is 1.90 bits per heavy atom. The fourth-order valence-corrected chi connectivity index (χ4v) is 4.40. The molecule has 0 aliphatic heterocycles. The van der Waals surface area contributed by atoms with Crippen molar-refractivity contribution in [2.24, 2.45) is 0 Å². The number of nitrogens with zero attached hydrogens (tertiary/aromatic N) is 3. The third-order valence-corrected chi connectivity index (χ3v) is 6.59. The molecule has 0 saturated heterocycles. The average molecular weight is 435 g/mol. The molecule has 1 aromatic carbocycles. The van der Waals surface area contributed by atoms with Gasteiger partial charge in [-0.1, -0.05) is 11.3 Å². The topological polar surface area (TPSA) is 118 Å². The minimum Gasteiger partial charge on any atom is -0.383 e. The van der Waals surface area contributed by atoms with Crippen LogP contribution in [0, 0.1) is 6.92 Å². The first-order valence-corrected chi connectivity index (χ1v) is 11.1. The highest BCUT2D eigenvalue weighted by Crippen LogP contribution is 2.31. The van der Waals surface area contributed by atoms with Gasteiger partial charge in [0.1, 0.15) is 0 Å². The van der Waals surface area contributed by atoms with Crippen LogP contribution in [0.1, 0.15) is 5.69 Å². The fraction of sp³-hybridized carbons (Fsp3) is 0.278. The van der Waals surface area contributed by atoms with Crippen LogP contribution in [0.4, 0.5) is 16.8 Å². The zero-order valence-corrected chi connectivity index (χ0v) is 17.9. The molecule has 154 valence electrons. The van der Waals surface area contributed by atoms with E-state index in [-0.39, 0.29) is 11.4 Å². The van der Waals surface area contributed by atoms with Crippen LogP contribution in [0.5, 0.6) is 0 Å². The number of rotatable bonds is 9. The molecule has 3 N–H and O–H groups in total. The van der Waals surface area contributed by atoms with Gasteiger partial charge in [0.05, 0.1) is 27.8 Å². The van der Waals surface area contributed by atoms with Crippen LogP contribution in [0.15, 0.2) is 41.4 Å². The van der Waals surface area contributed by atoms with Crippen LogP contribution in [0.2, 0.25) is 0 Å². The summed E-state index contributed by atoms with van der Waals surface area (Å²) in [4.78, 5) is 14.4. The van der Waals surface area contributed by atoms with E-state index in [9.17, 15) is 8.42 Å². The number of aromatic nitrogens is 3. The van der Waals surface area contributed by atoms with Crippen molar-refractivity contribution in [1.82, 2.24) is 19.7 Å². The number of aryl methyl sites for hydroxylation is 1. The zero-order valence-electron chi connectivity index (χ0n) is 16.3. The lowest BCUT2D eigenvalue weighted by molar-refractivity contribution is 0.204. The van der Waals surface area contributed by atoms with Gasteiger partial charge in [-0.25, -0.2) is 28.1 Å². The number of methoxy groups -OCH3 is 1. The van der Waals surface area contributed by atoms with Crippen molar-refractivity contribution in [3.05, 3.63) is 42.2 Å². The normalized spacial score (nSPS) is 11.4. The molecular formula is C18H22N6O3S2. The van der Waals surface area contributed by atoms with Gasteiger partial charge in [-0.05, 0) is 37.3 Å². The SMILES string of the molecule is CNc1nc(C)c(-c2ccnc(Nc3ccc(S(=O)(=O)NCCOC)cc3)n2)s1. The van der Waals surface area contributed by atoms with Crippen molar-refractivity contribution in [3.8, 4) is 10.6 Å². The fourth-order valence-electron chi connectivity index (χ4n) is 2.49. The number of thiazole rings is 1. The second-order valence-corrected chi connectivity index (χ2v) is 8.76. The van der Waals surface area contributed by atoms with Crippen molar-refractivity contribution in [3.63, 3.8) is 0 Å². The summed E-state index contributed by atoms with van der Waals surface area (Å²) >= 11 is 1.52. The van der Waals surface area contributed by atoms with Crippen molar-refractivity contribution >= 4 is 38.1 Å². The van der Waals surface area contributed by atoms with E-state index in [1.165, 1.54) is 30.6 Å². The Hall–Kier alpha value is -2.60. The van der Waals surface area contributed by atoms with E-state index < -0.39 is 10.0 Å². The number of hydrogen-bond donors (Lipinski definition) is 3. The van der Waals surface area contributed by atoms with Crippen LogP contribution in [-0.2, 0) is 14.8 Å². The monoisotopic (exact) mass is 434 g/mol. The summed E-state index contributed by atoms with van der Waals surface area (Å²) in [6, 6.07) is 8.20. The van der Waals surface area contributed by atoms with Gasteiger partial charge in [0.15, 0.2) is 5.13 Å². The van der Waals surface area contributed by atoms with Crippen molar-refractivity contribution in [2.45, 2.75) is 11.8 Å². The molecule has 9 nitrogen and oxygen atoms in total. The third-order valence-electron chi connectivity index (χ3n) is 3.92. The Kier molecular flexibility index (Phi) is 6.75. The molecule has 0 bridgehead atoms. The maximum atomic E-state index is 12.2. The Morgan fingerprint density at radius 1 is 1.14 bits per heavy atom. The lowest BCUT2D eigenvalue weighted by Crippen LogP contribution is -2.27. The molecule has 0 radical (unpaired) electrons. The number of sulfonamides is 1. The smallest absolute Gasteiger partial charge is 0.240 e. The highest BCUT2D eigenvalue weighted by Gasteiger charge is 2.14. The van der Waals surface area contributed by atoms with Gasteiger partial charge in [-0.15, -0.1) is 0 Å². The van der Waals surface area contributed by atoms with E-state index >= 15 is 0 Å². The highest BCUT2D eigenvalue weighted by atomic mass is 32.2. The largest absolute Gasteiger partial charge is 0.383 e. The summed E-state index contributed by atoms with van der Waals surface area (Å²) in [7, 11) is -0.229. The summed E-state index contributed by atoms with van der Waals surface area (Å²) in [6.45, 7) is 2.45. The molecule has 0 atom stereocenters. The Labute approximate surface area is 173 Å². The van der Waals surface area contributed by atoms with Crippen LogP contribution < -0.4 is 15.4 Å². The number of ether oxygens (including phenoxy) is 1. The van der Waals surface area contributed by atoms with E-state index in [1.54, 1.807) is 18.3 Å².